The van der Waals surface area contributed by atoms with Crippen molar-refractivity contribution in [1.82, 2.24) is 29.7 Å². The number of carbonyl (C=O) groups is 1. The molecule has 0 atom stereocenters. The number of amides is 1. The van der Waals surface area contributed by atoms with E-state index in [2.05, 4.69) is 20.5 Å². The fraction of sp³-hybridized carbons (Fsp3) is 0.375. The molecule has 0 aromatic carbocycles. The highest BCUT2D eigenvalue weighted by Crippen LogP contribution is 2.36. The minimum absolute atomic E-state index is 0. The first-order chi connectivity index (χ1) is 11.8. The molecule has 1 fully saturated rings. The first-order valence-electron chi connectivity index (χ1n) is 8.14. The van der Waals surface area contributed by atoms with Crippen LogP contribution in [0.5, 0.6) is 5.88 Å². The van der Waals surface area contributed by atoms with Gasteiger partial charge in [0.15, 0.2) is 11.3 Å². The smallest absolute Gasteiger partial charge is 0.272 e. The van der Waals surface area contributed by atoms with Crippen LogP contribution >= 0.6 is 12.4 Å². The minimum atomic E-state index is -0.142. The zero-order valence-electron chi connectivity index (χ0n) is 13.4. The van der Waals surface area contributed by atoms with Crippen LogP contribution in [-0.2, 0) is 6.54 Å². The van der Waals surface area contributed by atoms with Gasteiger partial charge in [-0.2, -0.15) is 10.2 Å². The van der Waals surface area contributed by atoms with E-state index in [4.69, 9.17) is 4.74 Å². The second-order valence-electron chi connectivity index (χ2n) is 6.18. The van der Waals surface area contributed by atoms with Crippen molar-refractivity contribution in [3.63, 3.8) is 0 Å². The number of nitrogens with one attached hydrogen (secondary N) is 1. The molecule has 9 heteroatoms. The average Bonchev–Trinajstić information content (AvgIpc) is 3.15. The Hall–Kier alpha value is -2.61. The Morgan fingerprint density at radius 2 is 2.20 bits per heavy atom. The van der Waals surface area contributed by atoms with E-state index < -0.39 is 0 Å². The van der Waals surface area contributed by atoms with Crippen molar-refractivity contribution < 1.29 is 9.53 Å². The van der Waals surface area contributed by atoms with Crippen molar-refractivity contribution in [2.45, 2.75) is 31.8 Å². The number of nitrogens with zero attached hydrogens (tertiary/aromatic N) is 5. The summed E-state index contributed by atoms with van der Waals surface area (Å²) in [6.07, 6.45) is 6.32. The van der Waals surface area contributed by atoms with Gasteiger partial charge in [0.05, 0.1) is 12.2 Å². The van der Waals surface area contributed by atoms with Crippen LogP contribution in [-0.4, -0.2) is 42.9 Å². The Bertz CT molecular complexity index is 945. The topological polar surface area (TPSA) is 86.3 Å². The largest absolute Gasteiger partial charge is 0.477 e. The number of ether oxygens (including phenoxy) is 1. The molecule has 5 rings (SSSR count). The van der Waals surface area contributed by atoms with Gasteiger partial charge in [-0.1, -0.05) is 0 Å². The first kappa shape index (κ1) is 15.9. The maximum absolute atomic E-state index is 12.6. The zero-order chi connectivity index (χ0) is 16.1. The molecule has 0 spiro atoms. The normalized spacial score (nSPS) is 16.0. The third-order valence-corrected chi connectivity index (χ3v) is 4.35. The molecule has 2 aliphatic rings. The van der Waals surface area contributed by atoms with E-state index >= 15 is 0 Å². The summed E-state index contributed by atoms with van der Waals surface area (Å²) in [7, 11) is 0. The van der Waals surface area contributed by atoms with Crippen molar-refractivity contribution >= 4 is 24.0 Å². The van der Waals surface area contributed by atoms with Gasteiger partial charge in [0.2, 0.25) is 5.88 Å². The molecule has 1 aliphatic carbocycles. The van der Waals surface area contributed by atoms with E-state index in [1.54, 1.807) is 9.20 Å². The fourth-order valence-corrected chi connectivity index (χ4v) is 2.99. The molecule has 1 amide bonds. The van der Waals surface area contributed by atoms with Gasteiger partial charge in [-0.05, 0) is 25.0 Å². The summed E-state index contributed by atoms with van der Waals surface area (Å²) in [6, 6.07) is 4.08. The van der Waals surface area contributed by atoms with Gasteiger partial charge < -0.3 is 10.1 Å². The van der Waals surface area contributed by atoms with Crippen molar-refractivity contribution in [3.05, 3.63) is 30.4 Å². The summed E-state index contributed by atoms with van der Waals surface area (Å²) in [5.74, 6) is 0.512. The lowest BCUT2D eigenvalue weighted by molar-refractivity contribution is 0.0945. The van der Waals surface area contributed by atoms with E-state index in [0.717, 1.165) is 42.6 Å². The molecule has 4 heterocycles. The molecule has 3 aromatic rings. The van der Waals surface area contributed by atoms with Gasteiger partial charge >= 0.3 is 0 Å². The second-order valence-corrected chi connectivity index (χ2v) is 6.18. The molecule has 0 saturated heterocycles. The molecule has 3 aromatic heterocycles. The summed E-state index contributed by atoms with van der Waals surface area (Å²) in [5.41, 5.74) is 2.74. The Morgan fingerprint density at radius 3 is 3.04 bits per heavy atom. The third-order valence-electron chi connectivity index (χ3n) is 4.35. The number of aromatic nitrogens is 5. The first-order valence-corrected chi connectivity index (χ1v) is 8.14. The highest BCUT2D eigenvalue weighted by atomic mass is 35.5. The van der Waals surface area contributed by atoms with Crippen molar-refractivity contribution in [2.24, 2.45) is 0 Å². The molecule has 25 heavy (non-hydrogen) atoms. The number of fused-ring (bicyclic) bond motifs is 2. The second kappa shape index (κ2) is 6.03. The number of hydrogen-bond donors (Lipinski definition) is 1. The number of carbonyl (C=O) groups excluding carboxylic acids is 1. The Kier molecular flexibility index (Phi) is 3.84. The van der Waals surface area contributed by atoms with Crippen LogP contribution in [0, 0.1) is 0 Å². The molecule has 0 unspecified atom stereocenters. The summed E-state index contributed by atoms with van der Waals surface area (Å²) in [5, 5.41) is 11.7. The van der Waals surface area contributed by atoms with Crippen molar-refractivity contribution in [2.75, 3.05) is 6.61 Å². The van der Waals surface area contributed by atoms with E-state index in [1.165, 1.54) is 6.33 Å². The summed E-state index contributed by atoms with van der Waals surface area (Å²) < 4.78 is 9.30. The summed E-state index contributed by atoms with van der Waals surface area (Å²) >= 11 is 0. The van der Waals surface area contributed by atoms with E-state index in [0.29, 0.717) is 18.2 Å². The van der Waals surface area contributed by atoms with Crippen LogP contribution in [0.15, 0.2) is 24.7 Å². The summed E-state index contributed by atoms with van der Waals surface area (Å²) in [6.45, 7) is 1.39. The standard InChI is InChI=1S/C16H16N6O2.ClH/c23-15(19-11-3-4-11)14-13(16-21(20-14)6-1-7-24-16)10-2-5-12-17-9-18-22(12)8-10;/h2,5,8-9,11H,1,3-4,6-7H2,(H,19,23);1H. The van der Waals surface area contributed by atoms with Crippen LogP contribution in [0.3, 0.4) is 0 Å². The molecule has 1 N–H and O–H groups in total. The highest BCUT2D eigenvalue weighted by molar-refractivity contribution is 6.00. The average molecular weight is 361 g/mol. The van der Waals surface area contributed by atoms with Crippen LogP contribution in [0.25, 0.3) is 16.8 Å². The molecule has 0 bridgehead atoms. The van der Waals surface area contributed by atoms with Crippen LogP contribution in [0.2, 0.25) is 0 Å². The number of rotatable bonds is 3. The van der Waals surface area contributed by atoms with Gasteiger partial charge in [-0.3, -0.25) is 4.79 Å². The van der Waals surface area contributed by atoms with E-state index in [-0.39, 0.29) is 24.4 Å². The molecule has 1 saturated carbocycles. The molecular weight excluding hydrogens is 344 g/mol. The number of aryl methyl sites for hydroxylation is 1. The predicted octanol–water partition coefficient (Wildman–Crippen LogP) is 1.69. The monoisotopic (exact) mass is 360 g/mol. The number of hydrogen-bond acceptors (Lipinski definition) is 5. The molecule has 130 valence electrons. The maximum atomic E-state index is 12.6. The van der Waals surface area contributed by atoms with Crippen molar-refractivity contribution in [3.8, 4) is 17.0 Å². The molecular formula is C16H17ClN6O2. The molecule has 1 aliphatic heterocycles. The van der Waals surface area contributed by atoms with Crippen molar-refractivity contribution in [1.29, 1.82) is 0 Å². The number of pyridine rings is 1. The third kappa shape index (κ3) is 2.72. The summed E-state index contributed by atoms with van der Waals surface area (Å²) in [4.78, 5) is 16.8. The lowest BCUT2D eigenvalue weighted by Crippen LogP contribution is -2.26. The van der Waals surface area contributed by atoms with E-state index in [1.807, 2.05) is 18.3 Å². The lowest BCUT2D eigenvalue weighted by atomic mass is 10.1. The maximum Gasteiger partial charge on any atom is 0.272 e. The predicted molar refractivity (Wildman–Crippen MR) is 92.1 cm³/mol. The van der Waals surface area contributed by atoms with Gasteiger partial charge in [-0.25, -0.2) is 14.2 Å². The lowest BCUT2D eigenvalue weighted by Gasteiger charge is -2.16. The Balaban J connectivity index is 0.00000157. The Morgan fingerprint density at radius 1 is 1.32 bits per heavy atom. The van der Waals surface area contributed by atoms with E-state index in [9.17, 15) is 4.79 Å². The van der Waals surface area contributed by atoms with Gasteiger partial charge in [0.25, 0.3) is 5.91 Å². The van der Waals surface area contributed by atoms with Crippen LogP contribution < -0.4 is 10.1 Å². The van der Waals surface area contributed by atoms with Crippen LogP contribution in [0.4, 0.5) is 0 Å². The highest BCUT2D eigenvalue weighted by Gasteiger charge is 2.31. The SMILES string of the molecule is Cl.O=C(NC1CC1)c1nn2c(c1-c1ccc3ncnn3c1)OCCC2. The minimum Gasteiger partial charge on any atom is -0.477 e. The molecule has 8 nitrogen and oxygen atoms in total. The zero-order valence-corrected chi connectivity index (χ0v) is 14.2. The quantitative estimate of drug-likeness (QED) is 0.768. The molecule has 0 radical (unpaired) electrons. The van der Waals surface area contributed by atoms with Gasteiger partial charge in [-0.15, -0.1) is 12.4 Å². The van der Waals surface area contributed by atoms with Crippen LogP contribution in [0.1, 0.15) is 29.8 Å². The van der Waals surface area contributed by atoms with Gasteiger partial charge in [0, 0.05) is 30.8 Å². The number of halogens is 1. The van der Waals surface area contributed by atoms with Gasteiger partial charge in [0.1, 0.15) is 6.33 Å². The Labute approximate surface area is 149 Å². The fourth-order valence-electron chi connectivity index (χ4n) is 2.99.